The molecule has 0 spiro atoms. The number of benzene rings is 1. The maximum Gasteiger partial charge on any atom is 0.329 e. The maximum absolute atomic E-state index is 12.6. The molecule has 174 valence electrons. The largest absolute Gasteiger partial charge is 0.491 e. The number of unbranched alkanes of at least 4 members (excludes halogenated alkanes) is 3. The highest BCUT2D eigenvalue weighted by Gasteiger charge is 2.20. The smallest absolute Gasteiger partial charge is 0.329 e. The molecule has 2 aromatic heterocycles. The Morgan fingerprint density at radius 2 is 1.97 bits per heavy atom. The summed E-state index contributed by atoms with van der Waals surface area (Å²) in [5.74, 6) is 1.13. The van der Waals surface area contributed by atoms with E-state index >= 15 is 0 Å². The summed E-state index contributed by atoms with van der Waals surface area (Å²) in [5, 5.41) is 13.9. The number of nitrogens with zero attached hydrogens (tertiary/aromatic N) is 3. The standard InChI is InChI=1S/C23H33N5O4/c1-5-6-7-8-11-24-22-25-20-19(21(30)26-23(31)27(20)4)28(22)13-17(29)14-32-18-10-9-15(2)16(3)12-18/h9-10,12,17,29H,5-8,11,13-14H2,1-4H3,(H,24,25)(H,26,30,31)/t17-/m0/s1. The lowest BCUT2D eigenvalue weighted by atomic mass is 10.1. The summed E-state index contributed by atoms with van der Waals surface area (Å²) < 4.78 is 8.68. The maximum atomic E-state index is 12.6. The number of aromatic amines is 1. The molecule has 0 saturated carbocycles. The molecule has 0 aliphatic carbocycles. The Hall–Kier alpha value is -3.07. The third kappa shape index (κ3) is 5.40. The van der Waals surface area contributed by atoms with Gasteiger partial charge in [0, 0.05) is 13.6 Å². The van der Waals surface area contributed by atoms with Gasteiger partial charge in [0.1, 0.15) is 18.5 Å². The first-order valence-electron chi connectivity index (χ1n) is 11.1. The number of fused-ring (bicyclic) bond motifs is 1. The predicted molar refractivity (Wildman–Crippen MR) is 126 cm³/mol. The van der Waals surface area contributed by atoms with Gasteiger partial charge in [-0.2, -0.15) is 4.98 Å². The van der Waals surface area contributed by atoms with E-state index in [2.05, 4.69) is 22.2 Å². The van der Waals surface area contributed by atoms with Crippen LogP contribution in [0.3, 0.4) is 0 Å². The molecule has 0 fully saturated rings. The van der Waals surface area contributed by atoms with Gasteiger partial charge in [-0.1, -0.05) is 32.3 Å². The second-order valence-electron chi connectivity index (χ2n) is 8.23. The van der Waals surface area contributed by atoms with Crippen molar-refractivity contribution in [3.05, 3.63) is 50.2 Å². The van der Waals surface area contributed by atoms with Gasteiger partial charge >= 0.3 is 5.69 Å². The van der Waals surface area contributed by atoms with Crippen molar-refractivity contribution in [3.63, 3.8) is 0 Å². The summed E-state index contributed by atoms with van der Waals surface area (Å²) in [6.45, 7) is 7.03. The molecule has 3 aromatic rings. The molecule has 1 atom stereocenters. The SMILES string of the molecule is CCCCCCNc1nc2c(c(=O)[nH]c(=O)n2C)n1C[C@H](O)COc1ccc(C)c(C)c1. The molecule has 0 bridgehead atoms. The van der Waals surface area contributed by atoms with Crippen LogP contribution in [0.15, 0.2) is 27.8 Å². The highest BCUT2D eigenvalue weighted by atomic mass is 16.5. The van der Waals surface area contributed by atoms with Crippen LogP contribution in [0.4, 0.5) is 5.95 Å². The third-order valence-corrected chi connectivity index (χ3v) is 5.63. The Labute approximate surface area is 187 Å². The zero-order valence-electron chi connectivity index (χ0n) is 19.3. The number of aliphatic hydroxyl groups excluding tert-OH is 1. The molecular weight excluding hydrogens is 410 g/mol. The number of aryl methyl sites for hydroxylation is 3. The molecule has 0 aliphatic rings. The van der Waals surface area contributed by atoms with Gasteiger partial charge in [-0.05, 0) is 43.5 Å². The number of nitrogens with one attached hydrogen (secondary N) is 2. The Bertz CT molecular complexity index is 1180. The van der Waals surface area contributed by atoms with Crippen LogP contribution >= 0.6 is 0 Å². The van der Waals surface area contributed by atoms with Crippen molar-refractivity contribution in [2.75, 3.05) is 18.5 Å². The minimum Gasteiger partial charge on any atom is -0.491 e. The molecule has 32 heavy (non-hydrogen) atoms. The summed E-state index contributed by atoms with van der Waals surface area (Å²) in [7, 11) is 1.56. The van der Waals surface area contributed by atoms with E-state index in [1.54, 1.807) is 11.6 Å². The van der Waals surface area contributed by atoms with Crippen molar-refractivity contribution in [2.45, 2.75) is 59.1 Å². The van der Waals surface area contributed by atoms with E-state index in [0.29, 0.717) is 18.2 Å². The summed E-state index contributed by atoms with van der Waals surface area (Å²) >= 11 is 0. The minimum absolute atomic E-state index is 0.0573. The van der Waals surface area contributed by atoms with Gasteiger partial charge in [-0.3, -0.25) is 14.3 Å². The van der Waals surface area contributed by atoms with Gasteiger partial charge in [-0.25, -0.2) is 4.79 Å². The van der Waals surface area contributed by atoms with Crippen molar-refractivity contribution >= 4 is 17.1 Å². The number of aliphatic hydroxyl groups is 1. The molecule has 3 rings (SSSR count). The predicted octanol–water partition coefficient (Wildman–Crippen LogP) is 2.47. The summed E-state index contributed by atoms with van der Waals surface area (Å²) in [6.07, 6.45) is 3.47. The Kier molecular flexibility index (Phi) is 7.74. The first kappa shape index (κ1) is 23.6. The van der Waals surface area contributed by atoms with E-state index in [4.69, 9.17) is 4.74 Å². The van der Waals surface area contributed by atoms with Crippen LogP contribution in [-0.2, 0) is 13.6 Å². The van der Waals surface area contributed by atoms with E-state index < -0.39 is 17.4 Å². The van der Waals surface area contributed by atoms with Crippen LogP contribution in [-0.4, -0.2) is 43.5 Å². The molecule has 2 heterocycles. The van der Waals surface area contributed by atoms with Crippen molar-refractivity contribution in [2.24, 2.45) is 7.05 Å². The third-order valence-electron chi connectivity index (χ3n) is 5.63. The Balaban J connectivity index is 1.81. The summed E-state index contributed by atoms with van der Waals surface area (Å²) in [5.41, 5.74) is 1.74. The first-order chi connectivity index (χ1) is 15.3. The Morgan fingerprint density at radius 3 is 2.69 bits per heavy atom. The quantitative estimate of drug-likeness (QED) is 0.392. The van der Waals surface area contributed by atoms with E-state index in [0.717, 1.165) is 31.2 Å². The van der Waals surface area contributed by atoms with E-state index in [1.165, 1.54) is 10.1 Å². The van der Waals surface area contributed by atoms with Gasteiger partial charge in [0.25, 0.3) is 5.56 Å². The van der Waals surface area contributed by atoms with Crippen LogP contribution in [0.5, 0.6) is 5.75 Å². The fourth-order valence-electron chi connectivity index (χ4n) is 3.56. The Morgan fingerprint density at radius 1 is 1.19 bits per heavy atom. The fraction of sp³-hybridized carbons (Fsp3) is 0.522. The number of anilines is 1. The molecule has 0 unspecified atom stereocenters. The summed E-state index contributed by atoms with van der Waals surface area (Å²) in [6, 6.07) is 5.77. The monoisotopic (exact) mass is 443 g/mol. The lowest BCUT2D eigenvalue weighted by molar-refractivity contribution is 0.0938. The molecule has 9 nitrogen and oxygen atoms in total. The number of imidazole rings is 1. The number of ether oxygens (including phenoxy) is 1. The zero-order chi connectivity index (χ0) is 23.3. The number of rotatable bonds is 11. The van der Waals surface area contributed by atoms with Gasteiger partial charge in [0.2, 0.25) is 5.95 Å². The average molecular weight is 444 g/mol. The molecule has 9 heteroatoms. The second kappa shape index (κ2) is 10.5. The van der Waals surface area contributed by atoms with E-state index in [1.807, 2.05) is 32.0 Å². The van der Waals surface area contributed by atoms with Crippen molar-refractivity contribution in [3.8, 4) is 5.75 Å². The van der Waals surface area contributed by atoms with Crippen molar-refractivity contribution in [1.82, 2.24) is 19.1 Å². The van der Waals surface area contributed by atoms with Gasteiger partial charge in [0.15, 0.2) is 11.2 Å². The normalized spacial score (nSPS) is 12.3. The second-order valence-corrected chi connectivity index (χ2v) is 8.23. The molecule has 0 aliphatic heterocycles. The molecular formula is C23H33N5O4. The fourth-order valence-corrected chi connectivity index (χ4v) is 3.56. The van der Waals surface area contributed by atoms with Crippen LogP contribution < -0.4 is 21.3 Å². The average Bonchev–Trinajstić information content (AvgIpc) is 3.11. The number of hydrogen-bond donors (Lipinski definition) is 3. The van der Waals surface area contributed by atoms with Gasteiger partial charge < -0.3 is 19.7 Å². The number of aromatic nitrogens is 4. The zero-order valence-corrected chi connectivity index (χ0v) is 19.3. The van der Waals surface area contributed by atoms with E-state index in [-0.39, 0.29) is 24.3 Å². The molecule has 0 amide bonds. The number of hydrogen-bond acceptors (Lipinski definition) is 6. The summed E-state index contributed by atoms with van der Waals surface area (Å²) in [4.78, 5) is 31.4. The van der Waals surface area contributed by atoms with Gasteiger partial charge in [-0.15, -0.1) is 0 Å². The highest BCUT2D eigenvalue weighted by Crippen LogP contribution is 2.19. The lowest BCUT2D eigenvalue weighted by Crippen LogP contribution is -2.31. The first-order valence-corrected chi connectivity index (χ1v) is 11.1. The molecule has 0 saturated heterocycles. The number of H-pyrrole nitrogens is 1. The molecule has 0 radical (unpaired) electrons. The van der Waals surface area contributed by atoms with Gasteiger partial charge in [0.05, 0.1) is 6.54 Å². The topological polar surface area (TPSA) is 114 Å². The lowest BCUT2D eigenvalue weighted by Gasteiger charge is -2.16. The van der Waals surface area contributed by atoms with Crippen LogP contribution in [0.1, 0.15) is 43.7 Å². The van der Waals surface area contributed by atoms with Crippen LogP contribution in [0.25, 0.3) is 11.2 Å². The minimum atomic E-state index is -0.883. The van der Waals surface area contributed by atoms with Crippen LogP contribution in [0.2, 0.25) is 0 Å². The molecule has 1 aromatic carbocycles. The van der Waals surface area contributed by atoms with E-state index in [9.17, 15) is 14.7 Å². The van der Waals surface area contributed by atoms with Crippen LogP contribution in [0, 0.1) is 13.8 Å². The van der Waals surface area contributed by atoms with Crippen molar-refractivity contribution < 1.29 is 9.84 Å². The molecule has 3 N–H and O–H groups in total. The highest BCUT2D eigenvalue weighted by molar-refractivity contribution is 5.74. The van der Waals surface area contributed by atoms with Crippen molar-refractivity contribution in [1.29, 1.82) is 0 Å².